The third-order valence-electron chi connectivity index (χ3n) is 1.000. The molecule has 1 heterocycles. The zero-order valence-electron chi connectivity index (χ0n) is 4.93. The monoisotopic (exact) mass is 256 g/mol. The molecule has 4 heteroatoms. The Morgan fingerprint density at radius 1 is 1.89 bits per heavy atom. The fraction of sp³-hybridized carbons (Fsp3) is 0.400. The Morgan fingerprint density at radius 3 is 2.78 bits per heavy atom. The standard InChI is InChI=1S/C5H6ClIN2/c1-2-9-3-4(7)5(6)8-9/h3H,2H2,1H3. The van der Waals surface area contributed by atoms with Gasteiger partial charge in [0, 0.05) is 12.7 Å². The summed E-state index contributed by atoms with van der Waals surface area (Å²) in [5.41, 5.74) is 0. The van der Waals surface area contributed by atoms with Gasteiger partial charge in [-0.1, -0.05) is 11.6 Å². The van der Waals surface area contributed by atoms with Crippen molar-refractivity contribution in [3.63, 3.8) is 0 Å². The van der Waals surface area contributed by atoms with Crippen LogP contribution in [0.1, 0.15) is 6.92 Å². The quantitative estimate of drug-likeness (QED) is 0.704. The van der Waals surface area contributed by atoms with E-state index >= 15 is 0 Å². The summed E-state index contributed by atoms with van der Waals surface area (Å²) in [6.07, 6.45) is 1.92. The lowest BCUT2D eigenvalue weighted by Gasteiger charge is -1.88. The Morgan fingerprint density at radius 2 is 2.56 bits per heavy atom. The van der Waals surface area contributed by atoms with Gasteiger partial charge in [-0.15, -0.1) is 0 Å². The summed E-state index contributed by atoms with van der Waals surface area (Å²) in [6.45, 7) is 2.90. The van der Waals surface area contributed by atoms with Gasteiger partial charge in [0.05, 0.1) is 3.57 Å². The Labute approximate surface area is 72.3 Å². The largest absolute Gasteiger partial charge is 0.270 e. The molecule has 0 fully saturated rings. The minimum Gasteiger partial charge on any atom is -0.270 e. The lowest BCUT2D eigenvalue weighted by atomic mass is 10.7. The highest BCUT2D eigenvalue weighted by molar-refractivity contribution is 14.1. The molecule has 0 amide bonds. The first kappa shape index (κ1) is 7.34. The lowest BCUT2D eigenvalue weighted by molar-refractivity contribution is 0.660. The van der Waals surface area contributed by atoms with Crippen LogP contribution in [0.3, 0.4) is 0 Å². The van der Waals surface area contributed by atoms with E-state index in [-0.39, 0.29) is 0 Å². The smallest absolute Gasteiger partial charge is 0.164 e. The van der Waals surface area contributed by atoms with E-state index in [9.17, 15) is 0 Å². The van der Waals surface area contributed by atoms with Crippen LogP contribution in [0.5, 0.6) is 0 Å². The van der Waals surface area contributed by atoms with Crippen molar-refractivity contribution in [1.29, 1.82) is 0 Å². The highest BCUT2D eigenvalue weighted by Crippen LogP contribution is 2.14. The Hall–Kier alpha value is 0.230. The van der Waals surface area contributed by atoms with E-state index in [1.54, 1.807) is 0 Å². The molecule has 0 aliphatic rings. The molecule has 0 N–H and O–H groups in total. The summed E-state index contributed by atoms with van der Waals surface area (Å²) in [6, 6.07) is 0. The molecule has 9 heavy (non-hydrogen) atoms. The van der Waals surface area contributed by atoms with Crippen LogP contribution < -0.4 is 0 Å². The van der Waals surface area contributed by atoms with Crippen molar-refractivity contribution in [2.45, 2.75) is 13.5 Å². The van der Waals surface area contributed by atoms with E-state index in [2.05, 4.69) is 27.7 Å². The van der Waals surface area contributed by atoms with Crippen LogP contribution >= 0.6 is 34.2 Å². The molecule has 50 valence electrons. The van der Waals surface area contributed by atoms with Crippen molar-refractivity contribution in [2.24, 2.45) is 0 Å². The zero-order chi connectivity index (χ0) is 6.85. The highest BCUT2D eigenvalue weighted by Gasteiger charge is 1.99. The summed E-state index contributed by atoms with van der Waals surface area (Å²) < 4.78 is 2.82. The lowest BCUT2D eigenvalue weighted by Crippen LogP contribution is -1.92. The van der Waals surface area contributed by atoms with Crippen molar-refractivity contribution in [1.82, 2.24) is 9.78 Å². The first-order chi connectivity index (χ1) is 4.24. The van der Waals surface area contributed by atoms with Gasteiger partial charge in [0.25, 0.3) is 0 Å². The number of nitrogens with zero attached hydrogens (tertiary/aromatic N) is 2. The molecule has 0 radical (unpaired) electrons. The summed E-state index contributed by atoms with van der Waals surface area (Å²) in [4.78, 5) is 0. The maximum Gasteiger partial charge on any atom is 0.164 e. The zero-order valence-corrected chi connectivity index (χ0v) is 7.85. The number of hydrogen-bond donors (Lipinski definition) is 0. The van der Waals surface area contributed by atoms with Crippen molar-refractivity contribution in [3.05, 3.63) is 14.9 Å². The average Bonchev–Trinajstić information content (AvgIpc) is 2.13. The molecule has 0 saturated carbocycles. The van der Waals surface area contributed by atoms with E-state index in [1.165, 1.54) is 0 Å². The van der Waals surface area contributed by atoms with Gasteiger partial charge in [0.15, 0.2) is 5.15 Å². The Balaban J connectivity index is 2.98. The third-order valence-corrected chi connectivity index (χ3v) is 2.39. The van der Waals surface area contributed by atoms with Crippen LogP contribution in [0.4, 0.5) is 0 Å². The van der Waals surface area contributed by atoms with Crippen LogP contribution in [0.25, 0.3) is 0 Å². The molecular weight excluding hydrogens is 250 g/mol. The molecule has 0 spiro atoms. The van der Waals surface area contributed by atoms with Crippen molar-refractivity contribution < 1.29 is 0 Å². The fourth-order valence-corrected chi connectivity index (χ4v) is 1.11. The van der Waals surface area contributed by atoms with Gasteiger partial charge in [-0.05, 0) is 29.5 Å². The van der Waals surface area contributed by atoms with E-state index in [0.717, 1.165) is 10.1 Å². The van der Waals surface area contributed by atoms with Crippen LogP contribution in [-0.2, 0) is 6.54 Å². The molecule has 1 rings (SSSR count). The molecule has 0 atom stereocenters. The molecular formula is C5H6ClIN2. The second-order valence-corrected chi connectivity index (χ2v) is 3.14. The first-order valence-corrected chi connectivity index (χ1v) is 4.08. The number of halogens is 2. The molecule has 0 aromatic carbocycles. The predicted molar refractivity (Wildman–Crippen MR) is 45.6 cm³/mol. The second-order valence-electron chi connectivity index (χ2n) is 1.62. The van der Waals surface area contributed by atoms with Gasteiger partial charge in [-0.25, -0.2) is 0 Å². The SMILES string of the molecule is CCn1cc(I)c(Cl)n1. The second kappa shape index (κ2) is 2.88. The molecule has 2 nitrogen and oxygen atoms in total. The van der Waals surface area contributed by atoms with Crippen molar-refractivity contribution >= 4 is 34.2 Å². The topological polar surface area (TPSA) is 17.8 Å². The average molecular weight is 256 g/mol. The minimum absolute atomic E-state index is 0.595. The first-order valence-electron chi connectivity index (χ1n) is 2.62. The Bertz CT molecular complexity index is 189. The van der Waals surface area contributed by atoms with E-state index in [0.29, 0.717) is 5.15 Å². The van der Waals surface area contributed by atoms with Crippen molar-refractivity contribution in [2.75, 3.05) is 0 Å². The van der Waals surface area contributed by atoms with Gasteiger partial charge in [-0.2, -0.15) is 5.10 Å². The third kappa shape index (κ3) is 1.58. The molecule has 0 saturated heterocycles. The Kier molecular flexibility index (Phi) is 2.35. The predicted octanol–water partition coefficient (Wildman–Crippen LogP) is 2.16. The van der Waals surface area contributed by atoms with E-state index in [1.807, 2.05) is 17.8 Å². The molecule has 0 aliphatic carbocycles. The van der Waals surface area contributed by atoms with Gasteiger partial charge in [0.1, 0.15) is 0 Å². The van der Waals surface area contributed by atoms with Gasteiger partial charge in [0.2, 0.25) is 0 Å². The summed E-state index contributed by atoms with van der Waals surface area (Å²) in [7, 11) is 0. The molecule has 1 aromatic rings. The maximum absolute atomic E-state index is 5.67. The number of hydrogen-bond acceptors (Lipinski definition) is 1. The van der Waals surface area contributed by atoms with Crippen LogP contribution in [0.15, 0.2) is 6.20 Å². The van der Waals surface area contributed by atoms with Gasteiger partial charge < -0.3 is 0 Å². The van der Waals surface area contributed by atoms with E-state index < -0.39 is 0 Å². The summed E-state index contributed by atoms with van der Waals surface area (Å²) in [5, 5.41) is 4.60. The number of aromatic nitrogens is 2. The maximum atomic E-state index is 5.67. The van der Waals surface area contributed by atoms with Gasteiger partial charge >= 0.3 is 0 Å². The molecule has 0 unspecified atom stereocenters. The normalized spacial score (nSPS) is 10.1. The minimum atomic E-state index is 0.595. The van der Waals surface area contributed by atoms with Crippen LogP contribution in [-0.4, -0.2) is 9.78 Å². The summed E-state index contributed by atoms with van der Waals surface area (Å²) in [5.74, 6) is 0. The molecule has 1 aromatic heterocycles. The van der Waals surface area contributed by atoms with Gasteiger partial charge in [-0.3, -0.25) is 4.68 Å². The fourth-order valence-electron chi connectivity index (χ4n) is 0.536. The number of aryl methyl sites for hydroxylation is 1. The van der Waals surface area contributed by atoms with Crippen LogP contribution in [0, 0.1) is 3.57 Å². The van der Waals surface area contributed by atoms with Crippen LogP contribution in [0.2, 0.25) is 5.15 Å². The molecule has 0 bridgehead atoms. The molecule has 0 aliphatic heterocycles. The summed E-state index contributed by atoms with van der Waals surface area (Å²) >= 11 is 7.82. The van der Waals surface area contributed by atoms with Crippen molar-refractivity contribution in [3.8, 4) is 0 Å². The highest BCUT2D eigenvalue weighted by atomic mass is 127. The number of rotatable bonds is 1. The van der Waals surface area contributed by atoms with E-state index in [4.69, 9.17) is 11.6 Å².